The van der Waals surface area contributed by atoms with E-state index in [0.717, 1.165) is 25.1 Å². The van der Waals surface area contributed by atoms with Crippen LogP contribution in [-0.2, 0) is 4.74 Å². The van der Waals surface area contributed by atoms with Gasteiger partial charge >= 0.3 is 0 Å². The van der Waals surface area contributed by atoms with Gasteiger partial charge in [0.15, 0.2) is 0 Å². The van der Waals surface area contributed by atoms with E-state index < -0.39 is 0 Å². The van der Waals surface area contributed by atoms with Crippen LogP contribution < -0.4 is 16.6 Å². The van der Waals surface area contributed by atoms with Gasteiger partial charge in [-0.05, 0) is 37.1 Å². The van der Waals surface area contributed by atoms with Crippen molar-refractivity contribution in [1.82, 2.24) is 5.32 Å². The fraction of sp³-hybridized carbons (Fsp3) is 0.417. The molecule has 92 valence electrons. The molecule has 1 aliphatic heterocycles. The monoisotopic (exact) mass is 235 g/mol. The number of anilines is 1. The van der Waals surface area contributed by atoms with E-state index >= 15 is 0 Å². The standard InChI is InChI=1S/C12H17N3O2/c13-15-10-5-3-9(4-6-10)12(16)14-11-2-1-7-17-8-11/h3-6,11,15H,1-2,7-8,13H2,(H,14,16). The van der Waals surface area contributed by atoms with Gasteiger partial charge in [0.05, 0.1) is 12.6 Å². The molecule has 1 aromatic rings. The third-order valence-electron chi connectivity index (χ3n) is 2.81. The van der Waals surface area contributed by atoms with E-state index in [9.17, 15) is 4.79 Å². The van der Waals surface area contributed by atoms with Crippen LogP contribution >= 0.6 is 0 Å². The number of nitrogens with two attached hydrogens (primary N) is 1. The molecule has 2 rings (SSSR count). The average Bonchev–Trinajstić information content (AvgIpc) is 2.40. The number of carbonyl (C=O) groups is 1. The summed E-state index contributed by atoms with van der Waals surface area (Å²) >= 11 is 0. The molecule has 1 aromatic carbocycles. The zero-order valence-corrected chi connectivity index (χ0v) is 9.61. The van der Waals surface area contributed by atoms with Gasteiger partial charge in [-0.1, -0.05) is 0 Å². The molecule has 1 unspecified atom stereocenters. The SMILES string of the molecule is NNc1ccc(C(=O)NC2CCCOC2)cc1. The highest BCUT2D eigenvalue weighted by atomic mass is 16.5. The Kier molecular flexibility index (Phi) is 3.95. The van der Waals surface area contributed by atoms with Gasteiger partial charge in [-0.3, -0.25) is 10.6 Å². The van der Waals surface area contributed by atoms with Crippen LogP contribution in [0.4, 0.5) is 5.69 Å². The van der Waals surface area contributed by atoms with Gasteiger partial charge in [0.1, 0.15) is 0 Å². The van der Waals surface area contributed by atoms with E-state index in [0.29, 0.717) is 12.2 Å². The largest absolute Gasteiger partial charge is 0.379 e. The number of hydrogen-bond acceptors (Lipinski definition) is 4. The highest BCUT2D eigenvalue weighted by Gasteiger charge is 2.16. The van der Waals surface area contributed by atoms with Crippen molar-refractivity contribution in [1.29, 1.82) is 0 Å². The molecule has 0 aromatic heterocycles. The van der Waals surface area contributed by atoms with Crippen molar-refractivity contribution in [2.45, 2.75) is 18.9 Å². The predicted molar refractivity (Wildman–Crippen MR) is 65.6 cm³/mol. The summed E-state index contributed by atoms with van der Waals surface area (Å²) in [6.07, 6.45) is 1.98. The van der Waals surface area contributed by atoms with Gasteiger partial charge in [0.2, 0.25) is 0 Å². The van der Waals surface area contributed by atoms with E-state index in [1.54, 1.807) is 24.3 Å². The smallest absolute Gasteiger partial charge is 0.251 e. The number of hydrogen-bond donors (Lipinski definition) is 3. The van der Waals surface area contributed by atoms with Crippen LogP contribution in [0.2, 0.25) is 0 Å². The normalized spacial score (nSPS) is 19.7. The molecule has 1 heterocycles. The van der Waals surface area contributed by atoms with Gasteiger partial charge in [0.25, 0.3) is 5.91 Å². The number of nitrogens with one attached hydrogen (secondary N) is 2. The van der Waals surface area contributed by atoms with E-state index in [4.69, 9.17) is 10.6 Å². The van der Waals surface area contributed by atoms with E-state index in [-0.39, 0.29) is 11.9 Å². The average molecular weight is 235 g/mol. The number of ether oxygens (including phenoxy) is 1. The number of benzene rings is 1. The molecule has 0 saturated carbocycles. The Morgan fingerprint density at radius 1 is 1.35 bits per heavy atom. The lowest BCUT2D eigenvalue weighted by Crippen LogP contribution is -2.40. The van der Waals surface area contributed by atoms with Crippen molar-refractivity contribution in [2.75, 3.05) is 18.6 Å². The van der Waals surface area contributed by atoms with Crippen LogP contribution in [0.1, 0.15) is 23.2 Å². The topological polar surface area (TPSA) is 76.4 Å². The lowest BCUT2D eigenvalue weighted by Gasteiger charge is -2.23. The Morgan fingerprint density at radius 2 is 2.12 bits per heavy atom. The quantitative estimate of drug-likeness (QED) is 0.537. The second-order valence-electron chi connectivity index (χ2n) is 4.11. The molecule has 1 saturated heterocycles. The van der Waals surface area contributed by atoms with Crippen molar-refractivity contribution < 1.29 is 9.53 Å². The van der Waals surface area contributed by atoms with Crippen LogP contribution in [0.5, 0.6) is 0 Å². The second kappa shape index (κ2) is 5.65. The molecule has 0 bridgehead atoms. The molecule has 4 N–H and O–H groups in total. The molecule has 17 heavy (non-hydrogen) atoms. The van der Waals surface area contributed by atoms with Gasteiger partial charge in [-0.2, -0.15) is 0 Å². The molecule has 5 heteroatoms. The Labute approximate surface area is 100 Å². The zero-order chi connectivity index (χ0) is 12.1. The van der Waals surface area contributed by atoms with Crippen LogP contribution in [0.3, 0.4) is 0 Å². The van der Waals surface area contributed by atoms with E-state index in [2.05, 4.69) is 10.7 Å². The molecular weight excluding hydrogens is 218 g/mol. The van der Waals surface area contributed by atoms with Crippen molar-refractivity contribution in [2.24, 2.45) is 5.84 Å². The molecule has 1 fully saturated rings. The van der Waals surface area contributed by atoms with E-state index in [1.165, 1.54) is 0 Å². The molecule has 5 nitrogen and oxygen atoms in total. The van der Waals surface area contributed by atoms with Gasteiger partial charge < -0.3 is 15.5 Å². The highest BCUT2D eigenvalue weighted by Crippen LogP contribution is 2.10. The van der Waals surface area contributed by atoms with Gasteiger partial charge in [-0.15, -0.1) is 0 Å². The molecular formula is C12H17N3O2. The van der Waals surface area contributed by atoms with Crippen LogP contribution in [0, 0.1) is 0 Å². The summed E-state index contributed by atoms with van der Waals surface area (Å²) in [5.41, 5.74) is 3.94. The van der Waals surface area contributed by atoms with Crippen molar-refractivity contribution in [3.8, 4) is 0 Å². The van der Waals surface area contributed by atoms with Crippen molar-refractivity contribution in [3.63, 3.8) is 0 Å². The van der Waals surface area contributed by atoms with Gasteiger partial charge in [-0.25, -0.2) is 0 Å². The van der Waals surface area contributed by atoms with Crippen LogP contribution in [0.25, 0.3) is 0 Å². The molecule has 0 radical (unpaired) electrons. The Bertz CT molecular complexity index is 372. The third-order valence-corrected chi connectivity index (χ3v) is 2.81. The van der Waals surface area contributed by atoms with E-state index in [1.807, 2.05) is 0 Å². The first kappa shape index (κ1) is 11.9. The van der Waals surface area contributed by atoms with Crippen molar-refractivity contribution >= 4 is 11.6 Å². The summed E-state index contributed by atoms with van der Waals surface area (Å²) < 4.78 is 5.31. The lowest BCUT2D eigenvalue weighted by molar-refractivity contribution is 0.0624. The van der Waals surface area contributed by atoms with Crippen LogP contribution in [-0.4, -0.2) is 25.2 Å². The maximum absolute atomic E-state index is 11.9. The number of carbonyl (C=O) groups excluding carboxylic acids is 1. The maximum Gasteiger partial charge on any atom is 0.251 e. The van der Waals surface area contributed by atoms with Gasteiger partial charge in [0, 0.05) is 17.9 Å². The summed E-state index contributed by atoms with van der Waals surface area (Å²) in [6.45, 7) is 1.40. The first-order valence-corrected chi connectivity index (χ1v) is 5.75. The first-order valence-electron chi connectivity index (χ1n) is 5.75. The predicted octanol–water partition coefficient (Wildman–Crippen LogP) is 0.881. The molecule has 1 aliphatic rings. The summed E-state index contributed by atoms with van der Waals surface area (Å²) in [6, 6.07) is 7.16. The Morgan fingerprint density at radius 3 is 2.71 bits per heavy atom. The van der Waals surface area contributed by atoms with Crippen LogP contribution in [0.15, 0.2) is 24.3 Å². The highest BCUT2D eigenvalue weighted by molar-refractivity contribution is 5.94. The summed E-state index contributed by atoms with van der Waals surface area (Å²) in [7, 11) is 0. The number of amides is 1. The maximum atomic E-state index is 11.9. The fourth-order valence-corrected chi connectivity index (χ4v) is 1.84. The molecule has 1 atom stereocenters. The number of hydrazine groups is 1. The molecule has 1 amide bonds. The summed E-state index contributed by atoms with van der Waals surface area (Å²) in [4.78, 5) is 11.9. The summed E-state index contributed by atoms with van der Waals surface area (Å²) in [5.74, 6) is 5.19. The molecule has 0 aliphatic carbocycles. The third kappa shape index (κ3) is 3.18. The zero-order valence-electron chi connectivity index (χ0n) is 9.61. The Hall–Kier alpha value is -1.59. The number of rotatable bonds is 3. The molecule has 0 spiro atoms. The second-order valence-corrected chi connectivity index (χ2v) is 4.11. The van der Waals surface area contributed by atoms with Crippen molar-refractivity contribution in [3.05, 3.63) is 29.8 Å². The minimum absolute atomic E-state index is 0.0657. The number of nitrogen functional groups attached to an aromatic ring is 1. The first-order chi connectivity index (χ1) is 8.29. The fourth-order valence-electron chi connectivity index (χ4n) is 1.84. The minimum Gasteiger partial charge on any atom is -0.379 e. The lowest BCUT2D eigenvalue weighted by atomic mass is 10.1. The minimum atomic E-state index is -0.0657. The summed E-state index contributed by atoms with van der Waals surface area (Å²) in [5, 5.41) is 2.96. The Balaban J connectivity index is 1.93.